The number of carbonyl (C=O) groups excluding carboxylic acids is 3. The number of piperidine rings is 2. The molecule has 1 spiro atoms. The zero-order valence-corrected chi connectivity index (χ0v) is 15.5. The molecular weight excluding hydrogens is 322 g/mol. The van der Waals surface area contributed by atoms with Crippen molar-refractivity contribution in [2.45, 2.75) is 46.0 Å². The van der Waals surface area contributed by atoms with Crippen LogP contribution in [0.25, 0.3) is 0 Å². The van der Waals surface area contributed by atoms with Crippen molar-refractivity contribution in [3.05, 3.63) is 0 Å². The van der Waals surface area contributed by atoms with Gasteiger partial charge in [0.15, 0.2) is 0 Å². The monoisotopic (exact) mass is 353 g/mol. The molecule has 2 rings (SSSR count). The average molecular weight is 353 g/mol. The molecule has 2 fully saturated rings. The Bertz CT molecular complexity index is 509. The van der Waals surface area contributed by atoms with E-state index in [4.69, 9.17) is 10.5 Å². The van der Waals surface area contributed by atoms with Crippen molar-refractivity contribution in [1.82, 2.24) is 9.80 Å². The predicted octanol–water partition coefficient (Wildman–Crippen LogP) is 0.766. The molecule has 2 heterocycles. The van der Waals surface area contributed by atoms with Crippen LogP contribution in [0.15, 0.2) is 0 Å². The molecule has 0 aliphatic carbocycles. The summed E-state index contributed by atoms with van der Waals surface area (Å²) in [5, 5.41) is 0. The van der Waals surface area contributed by atoms with Crippen LogP contribution < -0.4 is 5.73 Å². The van der Waals surface area contributed by atoms with Crippen LogP contribution in [0.2, 0.25) is 0 Å². The minimum atomic E-state index is -0.575. The van der Waals surface area contributed by atoms with E-state index in [0.717, 1.165) is 38.8 Å². The molecule has 25 heavy (non-hydrogen) atoms. The lowest BCUT2D eigenvalue weighted by molar-refractivity contribution is -0.145. The van der Waals surface area contributed by atoms with Crippen LogP contribution in [0.5, 0.6) is 0 Å². The van der Waals surface area contributed by atoms with E-state index < -0.39 is 5.91 Å². The van der Waals surface area contributed by atoms with Crippen molar-refractivity contribution in [2.75, 3.05) is 39.4 Å². The van der Waals surface area contributed by atoms with Gasteiger partial charge in [0.1, 0.15) is 13.2 Å². The van der Waals surface area contributed by atoms with Crippen molar-refractivity contribution >= 4 is 17.7 Å². The van der Waals surface area contributed by atoms with E-state index in [0.29, 0.717) is 25.4 Å². The molecule has 0 aromatic heterocycles. The molecule has 2 saturated heterocycles. The molecule has 7 heteroatoms. The third-order valence-electron chi connectivity index (χ3n) is 5.21. The fraction of sp³-hybridized carbons (Fsp3) is 0.833. The van der Waals surface area contributed by atoms with Gasteiger partial charge in [-0.05, 0) is 31.6 Å². The van der Waals surface area contributed by atoms with Gasteiger partial charge < -0.3 is 20.3 Å². The number of nitrogens with zero attached hydrogens (tertiary/aromatic N) is 2. The van der Waals surface area contributed by atoms with Crippen molar-refractivity contribution in [1.29, 1.82) is 0 Å². The molecule has 0 unspecified atom stereocenters. The van der Waals surface area contributed by atoms with Crippen LogP contribution in [0.3, 0.4) is 0 Å². The number of primary amides is 1. The number of likely N-dealkylation sites (tertiary alicyclic amines) is 2. The second kappa shape index (κ2) is 8.65. The van der Waals surface area contributed by atoms with Gasteiger partial charge in [-0.25, -0.2) is 0 Å². The van der Waals surface area contributed by atoms with Crippen LogP contribution in [0, 0.1) is 11.3 Å². The number of amides is 3. The highest BCUT2D eigenvalue weighted by molar-refractivity contribution is 5.79. The second-order valence-electron chi connectivity index (χ2n) is 7.88. The summed E-state index contributed by atoms with van der Waals surface area (Å²) in [5.41, 5.74) is 5.02. The zero-order chi connectivity index (χ0) is 18.4. The van der Waals surface area contributed by atoms with E-state index in [1.165, 1.54) is 0 Å². The van der Waals surface area contributed by atoms with Gasteiger partial charge in [-0.3, -0.25) is 14.4 Å². The van der Waals surface area contributed by atoms with Gasteiger partial charge in [0.05, 0.1) is 0 Å². The van der Waals surface area contributed by atoms with Crippen molar-refractivity contribution in [2.24, 2.45) is 17.1 Å². The van der Waals surface area contributed by atoms with E-state index >= 15 is 0 Å². The molecular formula is C18H31N3O4. The second-order valence-corrected chi connectivity index (χ2v) is 7.88. The van der Waals surface area contributed by atoms with Crippen molar-refractivity contribution in [3.8, 4) is 0 Å². The smallest absolute Gasteiger partial charge is 0.248 e. The molecule has 2 N–H and O–H groups in total. The fourth-order valence-corrected chi connectivity index (χ4v) is 3.80. The quantitative estimate of drug-likeness (QED) is 0.731. The van der Waals surface area contributed by atoms with Crippen LogP contribution >= 0.6 is 0 Å². The van der Waals surface area contributed by atoms with Crippen LogP contribution in [0.1, 0.15) is 46.0 Å². The molecule has 0 bridgehead atoms. The van der Waals surface area contributed by atoms with Crippen molar-refractivity contribution in [3.63, 3.8) is 0 Å². The Kier molecular flexibility index (Phi) is 6.81. The van der Waals surface area contributed by atoms with Crippen molar-refractivity contribution < 1.29 is 19.1 Å². The fourth-order valence-electron chi connectivity index (χ4n) is 3.80. The lowest BCUT2D eigenvalue weighted by Gasteiger charge is -2.48. The predicted molar refractivity (Wildman–Crippen MR) is 93.5 cm³/mol. The largest absolute Gasteiger partial charge is 0.368 e. The zero-order valence-electron chi connectivity index (χ0n) is 15.5. The number of carbonyl (C=O) groups is 3. The van der Waals surface area contributed by atoms with Crippen LogP contribution in [0.4, 0.5) is 0 Å². The molecule has 1 atom stereocenters. The summed E-state index contributed by atoms with van der Waals surface area (Å²) in [6.45, 7) is 6.89. The molecule has 2 aliphatic heterocycles. The summed E-state index contributed by atoms with van der Waals surface area (Å²) in [7, 11) is 0. The Balaban J connectivity index is 1.92. The number of rotatable bonds is 7. The van der Waals surface area contributed by atoms with Crippen LogP contribution in [-0.4, -0.2) is 66.9 Å². The molecule has 7 nitrogen and oxygen atoms in total. The summed E-state index contributed by atoms with van der Waals surface area (Å²) in [6.07, 6.45) is 4.40. The number of hydrogen-bond donors (Lipinski definition) is 1. The van der Waals surface area contributed by atoms with E-state index in [9.17, 15) is 14.4 Å². The SMILES string of the molecule is CC(C)CCN1C[C@]2(CCCN(C(=O)COCC(N)=O)C2)CCC1=O. The standard InChI is InChI=1S/C18H31N3O4/c1-14(2)5-9-21-13-18(7-4-16(21)23)6-3-8-20(12-18)17(24)11-25-10-15(19)22/h14H,3-13H2,1-2H3,(H2,19,22)/t18-/m1/s1. The van der Waals surface area contributed by atoms with E-state index in [-0.39, 0.29) is 30.4 Å². The Labute approximate surface area is 149 Å². The molecule has 0 aromatic carbocycles. The van der Waals surface area contributed by atoms with Gasteiger partial charge in [0.2, 0.25) is 17.7 Å². The van der Waals surface area contributed by atoms with Gasteiger partial charge in [-0.1, -0.05) is 13.8 Å². The molecule has 0 aromatic rings. The maximum absolute atomic E-state index is 12.3. The third-order valence-corrected chi connectivity index (χ3v) is 5.21. The first kappa shape index (κ1) is 19.7. The highest BCUT2D eigenvalue weighted by Crippen LogP contribution is 2.39. The molecule has 0 radical (unpaired) electrons. The van der Waals surface area contributed by atoms with E-state index in [2.05, 4.69) is 13.8 Å². The summed E-state index contributed by atoms with van der Waals surface area (Å²) < 4.78 is 5.06. The van der Waals surface area contributed by atoms with E-state index in [1.54, 1.807) is 0 Å². The minimum absolute atomic E-state index is 0.00247. The molecule has 3 amide bonds. The molecule has 2 aliphatic rings. The first-order valence-corrected chi connectivity index (χ1v) is 9.23. The summed E-state index contributed by atoms with van der Waals surface area (Å²) in [4.78, 5) is 39.1. The number of hydrogen-bond acceptors (Lipinski definition) is 4. The summed E-state index contributed by atoms with van der Waals surface area (Å²) >= 11 is 0. The van der Waals surface area contributed by atoms with Gasteiger partial charge in [0.25, 0.3) is 0 Å². The Hall–Kier alpha value is -1.63. The minimum Gasteiger partial charge on any atom is -0.368 e. The van der Waals surface area contributed by atoms with Gasteiger partial charge in [-0.15, -0.1) is 0 Å². The topological polar surface area (TPSA) is 92.9 Å². The highest BCUT2D eigenvalue weighted by atomic mass is 16.5. The Morgan fingerprint density at radius 3 is 2.68 bits per heavy atom. The lowest BCUT2D eigenvalue weighted by Crippen LogP contribution is -2.55. The van der Waals surface area contributed by atoms with Gasteiger partial charge >= 0.3 is 0 Å². The normalized spacial score (nSPS) is 24.2. The third kappa shape index (κ3) is 5.70. The maximum Gasteiger partial charge on any atom is 0.248 e. The Morgan fingerprint density at radius 2 is 2.00 bits per heavy atom. The lowest BCUT2D eigenvalue weighted by atomic mass is 9.73. The van der Waals surface area contributed by atoms with E-state index in [1.807, 2.05) is 9.80 Å². The first-order chi connectivity index (χ1) is 11.8. The van der Waals surface area contributed by atoms with Crippen LogP contribution in [-0.2, 0) is 19.1 Å². The molecule has 142 valence electrons. The number of ether oxygens (including phenoxy) is 1. The summed E-state index contributed by atoms with van der Waals surface area (Å²) in [5.74, 6) is 0.123. The summed E-state index contributed by atoms with van der Waals surface area (Å²) in [6, 6.07) is 0. The molecule has 0 saturated carbocycles. The first-order valence-electron chi connectivity index (χ1n) is 9.23. The van der Waals surface area contributed by atoms with Gasteiger partial charge in [-0.2, -0.15) is 0 Å². The van der Waals surface area contributed by atoms with Gasteiger partial charge in [0, 0.05) is 38.0 Å². The highest BCUT2D eigenvalue weighted by Gasteiger charge is 2.42. The average Bonchev–Trinajstić information content (AvgIpc) is 2.55. The Morgan fingerprint density at radius 1 is 1.24 bits per heavy atom. The number of nitrogens with two attached hydrogens (primary N) is 1. The maximum atomic E-state index is 12.3.